The summed E-state index contributed by atoms with van der Waals surface area (Å²) in [6.45, 7) is 4.74. The third-order valence-corrected chi connectivity index (χ3v) is 5.54. The molecular formula is C24H27NO6. The van der Waals surface area contributed by atoms with E-state index in [1.165, 1.54) is 0 Å². The van der Waals surface area contributed by atoms with E-state index in [1.54, 1.807) is 33.5 Å². The molecule has 0 fully saturated rings. The maximum absolute atomic E-state index is 13.1. The van der Waals surface area contributed by atoms with Gasteiger partial charge in [-0.2, -0.15) is 0 Å². The van der Waals surface area contributed by atoms with E-state index >= 15 is 0 Å². The molecule has 2 aromatic carbocycles. The van der Waals surface area contributed by atoms with Gasteiger partial charge in [0.2, 0.25) is 5.78 Å². The first-order valence-electron chi connectivity index (χ1n) is 10.2. The molecule has 2 aliphatic heterocycles. The average Bonchev–Trinajstić information content (AvgIpc) is 3.09. The Balaban J connectivity index is 1.63. The lowest BCUT2D eigenvalue weighted by atomic mass is 10.00. The van der Waals surface area contributed by atoms with Gasteiger partial charge in [0, 0.05) is 43.5 Å². The molecule has 0 unspecified atom stereocenters. The van der Waals surface area contributed by atoms with Gasteiger partial charge in [-0.3, -0.25) is 9.69 Å². The minimum atomic E-state index is -0.151. The Morgan fingerprint density at radius 3 is 2.74 bits per heavy atom. The number of allylic oxidation sites excluding steroid dienone is 1. The van der Waals surface area contributed by atoms with E-state index < -0.39 is 0 Å². The van der Waals surface area contributed by atoms with Crippen molar-refractivity contribution in [3.63, 3.8) is 0 Å². The fraction of sp³-hybridized carbons (Fsp3) is 0.375. The summed E-state index contributed by atoms with van der Waals surface area (Å²) in [7, 11) is 4.85. The summed E-state index contributed by atoms with van der Waals surface area (Å²) < 4.78 is 28.0. The van der Waals surface area contributed by atoms with E-state index in [0.29, 0.717) is 41.7 Å². The Morgan fingerprint density at radius 2 is 2.00 bits per heavy atom. The number of rotatable bonds is 7. The van der Waals surface area contributed by atoms with Crippen molar-refractivity contribution in [2.75, 3.05) is 41.2 Å². The van der Waals surface area contributed by atoms with Gasteiger partial charge in [-0.1, -0.05) is 12.1 Å². The van der Waals surface area contributed by atoms with Crippen LogP contribution in [0.1, 0.15) is 33.5 Å². The smallest absolute Gasteiger partial charge is 0.231 e. The maximum Gasteiger partial charge on any atom is 0.231 e. The standard InChI is InChI=1S/C24H27NO6/c1-15-22-17(13-25(14-30-22)9-6-10-27-2)11-18-21(26)20(31-23(15)18)12-16-7-5-8-19(28-3)24(16)29-4/h5,7-8,11-12H,6,9-10,13-14H2,1-4H3/b20-12-. The van der Waals surface area contributed by atoms with Crippen molar-refractivity contribution in [2.45, 2.75) is 19.9 Å². The SMILES string of the molecule is COCCCN1COc2c(cc3c(c2C)O/C(=C\c2cccc(OC)c2OC)C3=O)C1. The Kier molecular flexibility index (Phi) is 6.15. The lowest BCUT2D eigenvalue weighted by Crippen LogP contribution is -2.33. The summed E-state index contributed by atoms with van der Waals surface area (Å²) in [4.78, 5) is 15.3. The maximum atomic E-state index is 13.1. The third kappa shape index (κ3) is 3.98. The largest absolute Gasteiger partial charge is 0.493 e. The Hall–Kier alpha value is -3.03. The number of para-hydroxylation sites is 1. The second-order valence-corrected chi connectivity index (χ2v) is 7.56. The van der Waals surface area contributed by atoms with Crippen molar-refractivity contribution in [3.05, 3.63) is 52.3 Å². The molecule has 2 aliphatic rings. The third-order valence-electron chi connectivity index (χ3n) is 5.54. The van der Waals surface area contributed by atoms with Gasteiger partial charge < -0.3 is 23.7 Å². The fourth-order valence-corrected chi connectivity index (χ4v) is 4.04. The minimum Gasteiger partial charge on any atom is -0.493 e. The van der Waals surface area contributed by atoms with Crippen LogP contribution >= 0.6 is 0 Å². The molecule has 0 aliphatic carbocycles. The van der Waals surface area contributed by atoms with Crippen molar-refractivity contribution in [2.24, 2.45) is 0 Å². The van der Waals surface area contributed by atoms with Crippen LogP contribution in [0.4, 0.5) is 0 Å². The predicted octanol–water partition coefficient (Wildman–Crippen LogP) is 3.82. The normalized spacial score (nSPS) is 16.5. The lowest BCUT2D eigenvalue weighted by molar-refractivity contribution is 0.0826. The number of carbonyl (C=O) groups excluding carboxylic acids is 1. The van der Waals surface area contributed by atoms with E-state index in [1.807, 2.05) is 25.1 Å². The van der Waals surface area contributed by atoms with E-state index in [4.69, 9.17) is 23.7 Å². The Labute approximate surface area is 182 Å². The fourth-order valence-electron chi connectivity index (χ4n) is 4.04. The first-order chi connectivity index (χ1) is 15.1. The Morgan fingerprint density at radius 1 is 1.16 bits per heavy atom. The van der Waals surface area contributed by atoms with Crippen molar-refractivity contribution in [1.29, 1.82) is 0 Å². The highest BCUT2D eigenvalue weighted by atomic mass is 16.5. The van der Waals surface area contributed by atoms with Gasteiger partial charge in [-0.05, 0) is 31.6 Å². The second kappa shape index (κ2) is 8.99. The number of carbonyl (C=O) groups is 1. The minimum absolute atomic E-state index is 0.151. The quantitative estimate of drug-likeness (QED) is 0.494. The predicted molar refractivity (Wildman–Crippen MR) is 116 cm³/mol. The van der Waals surface area contributed by atoms with Gasteiger partial charge >= 0.3 is 0 Å². The summed E-state index contributed by atoms with van der Waals surface area (Å²) >= 11 is 0. The van der Waals surface area contributed by atoms with Crippen LogP contribution in [-0.4, -0.2) is 51.9 Å². The Bertz CT molecular complexity index is 1030. The van der Waals surface area contributed by atoms with Crippen molar-refractivity contribution < 1.29 is 28.5 Å². The second-order valence-electron chi connectivity index (χ2n) is 7.56. The van der Waals surface area contributed by atoms with Crippen molar-refractivity contribution >= 4 is 11.9 Å². The zero-order valence-electron chi connectivity index (χ0n) is 18.3. The number of fused-ring (bicyclic) bond motifs is 2. The number of hydrogen-bond donors (Lipinski definition) is 0. The van der Waals surface area contributed by atoms with Gasteiger partial charge in [0.1, 0.15) is 18.2 Å². The first-order valence-corrected chi connectivity index (χ1v) is 10.2. The molecule has 0 N–H and O–H groups in total. The topological polar surface area (TPSA) is 66.5 Å². The molecule has 0 bridgehead atoms. The number of Topliss-reactive ketones (excluding diaryl/α,β-unsaturated/α-hetero) is 1. The molecule has 0 spiro atoms. The number of nitrogens with zero attached hydrogens (tertiary/aromatic N) is 1. The molecule has 0 aromatic heterocycles. The number of hydrogen-bond acceptors (Lipinski definition) is 7. The summed E-state index contributed by atoms with van der Waals surface area (Å²) in [5, 5.41) is 0. The van der Waals surface area contributed by atoms with Gasteiger partial charge in [-0.15, -0.1) is 0 Å². The molecule has 0 atom stereocenters. The molecule has 0 saturated heterocycles. The molecule has 2 aromatic rings. The summed E-state index contributed by atoms with van der Waals surface area (Å²) in [6.07, 6.45) is 2.62. The molecule has 2 heterocycles. The van der Waals surface area contributed by atoms with Crippen LogP contribution in [0.25, 0.3) is 6.08 Å². The van der Waals surface area contributed by atoms with Crippen LogP contribution in [0.3, 0.4) is 0 Å². The zero-order valence-corrected chi connectivity index (χ0v) is 18.3. The highest BCUT2D eigenvalue weighted by Crippen LogP contribution is 2.43. The molecular weight excluding hydrogens is 398 g/mol. The molecule has 7 heteroatoms. The molecule has 0 amide bonds. The van der Waals surface area contributed by atoms with Crippen molar-refractivity contribution in [3.8, 4) is 23.0 Å². The summed E-state index contributed by atoms with van der Waals surface area (Å²) in [6, 6.07) is 7.40. The van der Waals surface area contributed by atoms with E-state index in [-0.39, 0.29) is 11.5 Å². The number of ether oxygens (including phenoxy) is 5. The number of benzene rings is 2. The van der Waals surface area contributed by atoms with Gasteiger partial charge in [0.25, 0.3) is 0 Å². The van der Waals surface area contributed by atoms with Crippen molar-refractivity contribution in [1.82, 2.24) is 4.90 Å². The zero-order chi connectivity index (χ0) is 22.0. The van der Waals surface area contributed by atoms with Crippen LogP contribution in [0.2, 0.25) is 0 Å². The molecule has 4 rings (SSSR count). The van der Waals surface area contributed by atoms with Crippen LogP contribution in [0.15, 0.2) is 30.0 Å². The molecule has 164 valence electrons. The highest BCUT2D eigenvalue weighted by molar-refractivity contribution is 6.15. The number of ketones is 1. The molecule has 7 nitrogen and oxygen atoms in total. The summed E-state index contributed by atoms with van der Waals surface area (Å²) in [5.74, 6) is 2.61. The highest BCUT2D eigenvalue weighted by Gasteiger charge is 2.33. The molecule has 0 saturated carbocycles. The van der Waals surface area contributed by atoms with Gasteiger partial charge in [0.05, 0.1) is 19.8 Å². The van der Waals surface area contributed by atoms with Crippen LogP contribution in [-0.2, 0) is 11.3 Å². The van der Waals surface area contributed by atoms with Crippen LogP contribution < -0.4 is 18.9 Å². The summed E-state index contributed by atoms with van der Waals surface area (Å²) in [5.41, 5.74) is 3.11. The van der Waals surface area contributed by atoms with E-state index in [2.05, 4.69) is 4.90 Å². The average molecular weight is 425 g/mol. The monoisotopic (exact) mass is 425 g/mol. The molecule has 0 radical (unpaired) electrons. The van der Waals surface area contributed by atoms with Gasteiger partial charge in [0.15, 0.2) is 17.3 Å². The lowest BCUT2D eigenvalue weighted by Gasteiger charge is -2.30. The van der Waals surface area contributed by atoms with E-state index in [0.717, 1.165) is 36.4 Å². The van der Waals surface area contributed by atoms with Gasteiger partial charge in [-0.25, -0.2) is 0 Å². The van der Waals surface area contributed by atoms with E-state index in [9.17, 15) is 4.79 Å². The van der Waals surface area contributed by atoms with Crippen LogP contribution in [0, 0.1) is 6.92 Å². The molecule has 31 heavy (non-hydrogen) atoms. The van der Waals surface area contributed by atoms with Crippen LogP contribution in [0.5, 0.6) is 23.0 Å². The first kappa shape index (κ1) is 21.2. The number of methoxy groups -OCH3 is 3.